The van der Waals surface area contributed by atoms with Crippen LogP contribution in [0.15, 0.2) is 24.3 Å². The highest BCUT2D eigenvalue weighted by molar-refractivity contribution is 5.85. The van der Waals surface area contributed by atoms with Crippen molar-refractivity contribution in [3.63, 3.8) is 0 Å². The van der Waals surface area contributed by atoms with Gasteiger partial charge in [0.15, 0.2) is 0 Å². The molecule has 5 heteroatoms. The molecular weight excluding hydrogens is 286 g/mol. The van der Waals surface area contributed by atoms with E-state index in [1.807, 2.05) is 24.1 Å². The molecule has 1 atom stereocenters. The largest absolute Gasteiger partial charge is 0.340 e. The number of carbonyl (C=O) groups excluding carboxylic acids is 1. The van der Waals surface area contributed by atoms with Crippen LogP contribution in [-0.4, -0.2) is 55.0 Å². The number of hydrogen-bond donors (Lipinski definition) is 1. The maximum absolute atomic E-state index is 12.3. The average molecular weight is 312 g/mol. The lowest BCUT2D eigenvalue weighted by atomic mass is 10.1. The van der Waals surface area contributed by atoms with Crippen LogP contribution >= 0.6 is 12.4 Å². The van der Waals surface area contributed by atoms with E-state index in [2.05, 4.69) is 36.2 Å². The Morgan fingerprint density at radius 1 is 1.43 bits per heavy atom. The van der Waals surface area contributed by atoms with Gasteiger partial charge in [0.2, 0.25) is 5.91 Å². The first-order chi connectivity index (χ1) is 9.58. The third-order valence-corrected chi connectivity index (χ3v) is 4.07. The Labute approximate surface area is 133 Å². The fraction of sp³-hybridized carbons (Fsp3) is 0.562. The van der Waals surface area contributed by atoms with Gasteiger partial charge >= 0.3 is 0 Å². The quantitative estimate of drug-likeness (QED) is 0.919. The fourth-order valence-electron chi connectivity index (χ4n) is 2.54. The van der Waals surface area contributed by atoms with Crippen molar-refractivity contribution in [1.82, 2.24) is 15.1 Å². The first-order valence-electron chi connectivity index (χ1n) is 7.31. The Balaban J connectivity index is 0.00000220. The second-order valence-electron chi connectivity index (χ2n) is 5.70. The molecule has 1 aliphatic heterocycles. The van der Waals surface area contributed by atoms with Crippen molar-refractivity contribution in [3.05, 3.63) is 35.4 Å². The van der Waals surface area contributed by atoms with Gasteiger partial charge in [-0.2, -0.15) is 0 Å². The van der Waals surface area contributed by atoms with Gasteiger partial charge in [0, 0.05) is 39.3 Å². The van der Waals surface area contributed by atoms with Crippen molar-refractivity contribution < 1.29 is 4.79 Å². The molecule has 1 aromatic carbocycles. The van der Waals surface area contributed by atoms with E-state index in [-0.39, 0.29) is 18.3 Å². The van der Waals surface area contributed by atoms with Gasteiger partial charge in [-0.05, 0) is 25.0 Å². The van der Waals surface area contributed by atoms with E-state index in [0.717, 1.165) is 19.6 Å². The lowest BCUT2D eigenvalue weighted by molar-refractivity contribution is -0.132. The maximum atomic E-state index is 12.3. The van der Waals surface area contributed by atoms with Gasteiger partial charge < -0.3 is 10.2 Å². The summed E-state index contributed by atoms with van der Waals surface area (Å²) in [6, 6.07) is 8.67. The summed E-state index contributed by atoms with van der Waals surface area (Å²) in [5, 5.41) is 3.35. The number of nitrogens with one attached hydrogen (secondary N) is 1. The van der Waals surface area contributed by atoms with Crippen LogP contribution in [0, 0.1) is 6.92 Å². The summed E-state index contributed by atoms with van der Waals surface area (Å²) >= 11 is 0. The molecule has 0 bridgehead atoms. The molecule has 0 radical (unpaired) electrons. The highest BCUT2D eigenvalue weighted by atomic mass is 35.5. The van der Waals surface area contributed by atoms with Crippen LogP contribution in [0.2, 0.25) is 0 Å². The van der Waals surface area contributed by atoms with Crippen LogP contribution in [0.3, 0.4) is 0 Å². The number of rotatable bonds is 4. The molecular formula is C16H26ClN3O. The molecule has 1 heterocycles. The zero-order chi connectivity index (χ0) is 14.5. The van der Waals surface area contributed by atoms with E-state index < -0.39 is 0 Å². The number of likely N-dealkylation sites (N-methyl/N-ethyl adjacent to an activating group) is 1. The molecule has 1 saturated heterocycles. The first-order valence-corrected chi connectivity index (χ1v) is 7.31. The number of halogens is 1. The number of hydrogen-bond acceptors (Lipinski definition) is 3. The molecule has 21 heavy (non-hydrogen) atoms. The molecule has 1 aromatic rings. The lowest BCUT2D eigenvalue weighted by Gasteiger charge is -2.34. The van der Waals surface area contributed by atoms with Crippen LogP contribution in [0.1, 0.15) is 18.1 Å². The molecule has 2 rings (SSSR count). The molecule has 118 valence electrons. The van der Waals surface area contributed by atoms with Crippen molar-refractivity contribution in [2.75, 3.05) is 33.2 Å². The highest BCUT2D eigenvalue weighted by Gasteiger charge is 2.21. The van der Waals surface area contributed by atoms with E-state index in [9.17, 15) is 4.79 Å². The fourth-order valence-corrected chi connectivity index (χ4v) is 2.54. The van der Waals surface area contributed by atoms with Gasteiger partial charge in [0.1, 0.15) is 0 Å². The summed E-state index contributed by atoms with van der Waals surface area (Å²) in [6.45, 7) is 8.35. The summed E-state index contributed by atoms with van der Waals surface area (Å²) in [7, 11) is 1.89. The highest BCUT2D eigenvalue weighted by Crippen LogP contribution is 2.10. The van der Waals surface area contributed by atoms with Crippen molar-refractivity contribution >= 4 is 18.3 Å². The van der Waals surface area contributed by atoms with Crippen molar-refractivity contribution in [1.29, 1.82) is 0 Å². The van der Waals surface area contributed by atoms with Gasteiger partial charge in [0.05, 0.1) is 6.54 Å². The number of benzene rings is 1. The zero-order valence-electron chi connectivity index (χ0n) is 13.1. The van der Waals surface area contributed by atoms with Crippen molar-refractivity contribution in [2.24, 2.45) is 0 Å². The smallest absolute Gasteiger partial charge is 0.236 e. The summed E-state index contributed by atoms with van der Waals surface area (Å²) in [4.78, 5) is 16.4. The van der Waals surface area contributed by atoms with Crippen LogP contribution in [-0.2, 0) is 11.3 Å². The predicted octanol–water partition coefficient (Wildman–Crippen LogP) is 1.67. The molecule has 0 aliphatic carbocycles. The van der Waals surface area contributed by atoms with E-state index in [0.29, 0.717) is 19.1 Å². The molecule has 0 aromatic heterocycles. The Kier molecular flexibility index (Phi) is 7.15. The van der Waals surface area contributed by atoms with Gasteiger partial charge in [-0.1, -0.05) is 24.3 Å². The van der Waals surface area contributed by atoms with Gasteiger partial charge in [-0.3, -0.25) is 9.69 Å². The SMILES string of the molecule is Cc1ccccc1CN(C)C(=O)CN1CCNC[C@@H]1C.Cl. The third-order valence-electron chi connectivity index (χ3n) is 4.07. The standard InChI is InChI=1S/C16H25N3O.ClH/c1-13-6-4-5-7-15(13)11-18(3)16(20)12-19-9-8-17-10-14(19)2;/h4-7,14,17H,8-12H2,1-3H3;1H/t14-;/m0./s1. The second-order valence-corrected chi connectivity index (χ2v) is 5.70. The summed E-state index contributed by atoms with van der Waals surface area (Å²) in [5.74, 6) is 0.196. The number of amides is 1. The number of piperazine rings is 1. The van der Waals surface area contributed by atoms with Gasteiger partial charge in [-0.25, -0.2) is 0 Å². The first kappa shape index (κ1) is 18.0. The maximum Gasteiger partial charge on any atom is 0.236 e. The Bertz CT molecular complexity index is 467. The zero-order valence-corrected chi connectivity index (χ0v) is 13.9. The lowest BCUT2D eigenvalue weighted by Crippen LogP contribution is -2.52. The average Bonchev–Trinajstić information content (AvgIpc) is 2.43. The summed E-state index contributed by atoms with van der Waals surface area (Å²) < 4.78 is 0. The number of aryl methyl sites for hydroxylation is 1. The number of nitrogens with zero attached hydrogens (tertiary/aromatic N) is 2. The molecule has 0 spiro atoms. The second kappa shape index (κ2) is 8.37. The monoisotopic (exact) mass is 311 g/mol. The normalized spacial score (nSPS) is 18.9. The predicted molar refractivity (Wildman–Crippen MR) is 88.8 cm³/mol. The topological polar surface area (TPSA) is 35.6 Å². The Hall–Kier alpha value is -1.10. The van der Waals surface area contributed by atoms with E-state index in [1.165, 1.54) is 11.1 Å². The van der Waals surface area contributed by atoms with E-state index >= 15 is 0 Å². The van der Waals surface area contributed by atoms with Crippen LogP contribution in [0.25, 0.3) is 0 Å². The Morgan fingerprint density at radius 3 is 2.81 bits per heavy atom. The summed E-state index contributed by atoms with van der Waals surface area (Å²) in [5.41, 5.74) is 2.46. The van der Waals surface area contributed by atoms with Crippen molar-refractivity contribution in [2.45, 2.75) is 26.4 Å². The molecule has 1 fully saturated rings. The molecule has 4 nitrogen and oxygen atoms in total. The molecule has 1 N–H and O–H groups in total. The van der Waals surface area contributed by atoms with Gasteiger partial charge in [-0.15, -0.1) is 12.4 Å². The molecule has 0 unspecified atom stereocenters. The minimum atomic E-state index is 0. The number of carbonyl (C=O) groups is 1. The molecule has 1 aliphatic rings. The third kappa shape index (κ3) is 4.99. The van der Waals surface area contributed by atoms with Crippen LogP contribution in [0.4, 0.5) is 0 Å². The van der Waals surface area contributed by atoms with E-state index in [1.54, 1.807) is 0 Å². The molecule has 0 saturated carbocycles. The minimum Gasteiger partial charge on any atom is -0.340 e. The van der Waals surface area contributed by atoms with Gasteiger partial charge in [0.25, 0.3) is 0 Å². The summed E-state index contributed by atoms with van der Waals surface area (Å²) in [6.07, 6.45) is 0. The minimum absolute atomic E-state index is 0. The van der Waals surface area contributed by atoms with Crippen LogP contribution in [0.5, 0.6) is 0 Å². The Morgan fingerprint density at radius 2 is 2.14 bits per heavy atom. The van der Waals surface area contributed by atoms with Crippen LogP contribution < -0.4 is 5.32 Å². The van der Waals surface area contributed by atoms with Crippen molar-refractivity contribution in [3.8, 4) is 0 Å². The van der Waals surface area contributed by atoms with E-state index in [4.69, 9.17) is 0 Å². The molecule has 1 amide bonds.